The second-order valence-electron chi connectivity index (χ2n) is 3.12. The van der Waals surface area contributed by atoms with Gasteiger partial charge in [-0.05, 0) is 13.3 Å². The molecule has 0 aliphatic carbocycles. The maximum atomic E-state index is 11.0. The maximum absolute atomic E-state index is 11.0. The molecule has 1 saturated heterocycles. The van der Waals surface area contributed by atoms with E-state index in [0.717, 1.165) is 6.42 Å². The second-order valence-corrected chi connectivity index (χ2v) is 3.12. The Morgan fingerprint density at radius 1 is 1.70 bits per heavy atom. The van der Waals surface area contributed by atoms with Crippen molar-refractivity contribution in [2.24, 2.45) is 0 Å². The molecular formula is C8H14O2. The van der Waals surface area contributed by atoms with Crippen molar-refractivity contribution >= 4 is 5.78 Å². The summed E-state index contributed by atoms with van der Waals surface area (Å²) in [7, 11) is 0. The number of ketones is 1. The Balaban J connectivity index is 2.53. The van der Waals surface area contributed by atoms with Gasteiger partial charge in [-0.2, -0.15) is 0 Å². The van der Waals surface area contributed by atoms with Gasteiger partial charge in [0.1, 0.15) is 5.78 Å². The summed E-state index contributed by atoms with van der Waals surface area (Å²) < 4.78 is 5.46. The lowest BCUT2D eigenvalue weighted by Gasteiger charge is -2.31. The largest absolute Gasteiger partial charge is 0.374 e. The van der Waals surface area contributed by atoms with E-state index < -0.39 is 0 Å². The third-order valence-corrected chi connectivity index (χ3v) is 2.15. The highest BCUT2D eigenvalue weighted by atomic mass is 16.5. The van der Waals surface area contributed by atoms with Crippen LogP contribution in [0.15, 0.2) is 0 Å². The first kappa shape index (κ1) is 7.73. The van der Waals surface area contributed by atoms with E-state index >= 15 is 0 Å². The summed E-state index contributed by atoms with van der Waals surface area (Å²) in [4.78, 5) is 11.0. The Hall–Kier alpha value is -0.370. The summed E-state index contributed by atoms with van der Waals surface area (Å²) in [6, 6.07) is 0. The van der Waals surface area contributed by atoms with Crippen LogP contribution >= 0.6 is 0 Å². The molecule has 1 aliphatic heterocycles. The van der Waals surface area contributed by atoms with Gasteiger partial charge in [0.15, 0.2) is 0 Å². The van der Waals surface area contributed by atoms with Crippen LogP contribution in [-0.2, 0) is 9.53 Å². The Morgan fingerprint density at radius 3 is 2.80 bits per heavy atom. The average molecular weight is 142 g/mol. The summed E-state index contributed by atoms with van der Waals surface area (Å²) in [6.45, 7) is 4.67. The highest BCUT2D eigenvalue weighted by Crippen LogP contribution is 2.24. The minimum Gasteiger partial charge on any atom is -0.374 e. The molecule has 1 atom stereocenters. The Bertz CT molecular complexity index is 142. The number of carbonyl (C=O) groups is 1. The van der Waals surface area contributed by atoms with Crippen molar-refractivity contribution in [3.63, 3.8) is 0 Å². The molecule has 1 aliphatic rings. The van der Waals surface area contributed by atoms with Crippen molar-refractivity contribution < 1.29 is 9.53 Å². The van der Waals surface area contributed by atoms with Crippen molar-refractivity contribution in [3.8, 4) is 0 Å². The molecule has 0 aromatic heterocycles. The zero-order valence-electron chi connectivity index (χ0n) is 6.64. The van der Waals surface area contributed by atoms with E-state index in [4.69, 9.17) is 4.74 Å². The van der Waals surface area contributed by atoms with Crippen molar-refractivity contribution in [1.29, 1.82) is 0 Å². The quantitative estimate of drug-likeness (QED) is 0.555. The fraction of sp³-hybridized carbons (Fsp3) is 0.875. The molecular weight excluding hydrogens is 128 g/mol. The van der Waals surface area contributed by atoms with Gasteiger partial charge >= 0.3 is 0 Å². The molecule has 1 heterocycles. The first-order valence-corrected chi connectivity index (χ1v) is 3.82. The molecule has 0 saturated carbocycles. The van der Waals surface area contributed by atoms with Crippen molar-refractivity contribution in [1.82, 2.24) is 0 Å². The molecule has 1 fully saturated rings. The highest BCUT2D eigenvalue weighted by Gasteiger charge is 2.29. The van der Waals surface area contributed by atoms with Gasteiger partial charge < -0.3 is 4.74 Å². The predicted octanol–water partition coefficient (Wildman–Crippen LogP) is 1.53. The van der Waals surface area contributed by atoms with Gasteiger partial charge in [0.2, 0.25) is 0 Å². The van der Waals surface area contributed by atoms with Crippen LogP contribution < -0.4 is 0 Å². The van der Waals surface area contributed by atoms with Gasteiger partial charge in [-0.3, -0.25) is 4.79 Å². The highest BCUT2D eigenvalue weighted by molar-refractivity contribution is 5.80. The van der Waals surface area contributed by atoms with Gasteiger partial charge in [-0.15, -0.1) is 0 Å². The minimum atomic E-state index is -0.157. The zero-order chi connectivity index (χ0) is 7.61. The molecule has 0 aromatic rings. The molecule has 0 aromatic carbocycles. The van der Waals surface area contributed by atoms with Gasteiger partial charge in [0.25, 0.3) is 0 Å². The number of ether oxygens (including phenoxy) is 1. The number of rotatable bonds is 1. The molecule has 2 nitrogen and oxygen atoms in total. The zero-order valence-corrected chi connectivity index (χ0v) is 6.64. The molecule has 0 bridgehead atoms. The monoisotopic (exact) mass is 142 g/mol. The van der Waals surface area contributed by atoms with E-state index in [1.807, 2.05) is 6.92 Å². The first-order chi connectivity index (χ1) is 4.66. The first-order valence-electron chi connectivity index (χ1n) is 3.82. The van der Waals surface area contributed by atoms with Gasteiger partial charge in [0.05, 0.1) is 12.2 Å². The van der Waals surface area contributed by atoms with Gasteiger partial charge in [-0.1, -0.05) is 6.92 Å². The fourth-order valence-corrected chi connectivity index (χ4v) is 1.19. The number of carbonyl (C=O) groups excluding carboxylic acids is 1. The topological polar surface area (TPSA) is 26.3 Å². The Morgan fingerprint density at radius 2 is 2.40 bits per heavy atom. The Labute approximate surface area is 61.6 Å². The predicted molar refractivity (Wildman–Crippen MR) is 38.9 cm³/mol. The lowest BCUT2D eigenvalue weighted by atomic mass is 9.93. The van der Waals surface area contributed by atoms with E-state index in [-0.39, 0.29) is 5.60 Å². The lowest BCUT2D eigenvalue weighted by Crippen LogP contribution is -2.36. The molecule has 10 heavy (non-hydrogen) atoms. The normalized spacial score (nSPS) is 34.4. The third kappa shape index (κ3) is 1.57. The van der Waals surface area contributed by atoms with Crippen LogP contribution in [0.25, 0.3) is 0 Å². The fourth-order valence-electron chi connectivity index (χ4n) is 1.19. The second kappa shape index (κ2) is 2.70. The van der Waals surface area contributed by atoms with Crippen LogP contribution in [0.3, 0.4) is 0 Å². The summed E-state index contributed by atoms with van der Waals surface area (Å²) in [5.41, 5.74) is -0.157. The SMILES string of the molecule is CCC1(C)CC(=O)CCO1. The number of hydrogen-bond acceptors (Lipinski definition) is 2. The van der Waals surface area contributed by atoms with Gasteiger partial charge in [0, 0.05) is 12.8 Å². The maximum Gasteiger partial charge on any atom is 0.138 e. The smallest absolute Gasteiger partial charge is 0.138 e. The van der Waals surface area contributed by atoms with Crippen LogP contribution in [0.2, 0.25) is 0 Å². The average Bonchev–Trinajstić information content (AvgIpc) is 1.88. The van der Waals surface area contributed by atoms with Crippen LogP contribution in [0.1, 0.15) is 33.1 Å². The number of Topliss-reactive ketones (excluding diaryl/α,β-unsaturated/α-hetero) is 1. The molecule has 0 N–H and O–H groups in total. The molecule has 1 rings (SSSR count). The van der Waals surface area contributed by atoms with Crippen molar-refractivity contribution in [2.75, 3.05) is 6.61 Å². The van der Waals surface area contributed by atoms with Crippen LogP contribution in [0.4, 0.5) is 0 Å². The molecule has 1 unspecified atom stereocenters. The molecule has 2 heteroatoms. The van der Waals surface area contributed by atoms with Crippen LogP contribution in [0, 0.1) is 0 Å². The number of hydrogen-bond donors (Lipinski definition) is 0. The lowest BCUT2D eigenvalue weighted by molar-refractivity contribution is -0.137. The van der Waals surface area contributed by atoms with E-state index in [9.17, 15) is 4.79 Å². The van der Waals surface area contributed by atoms with E-state index in [2.05, 4.69) is 6.92 Å². The molecule has 0 radical (unpaired) electrons. The molecule has 0 amide bonds. The summed E-state index contributed by atoms with van der Waals surface area (Å²) in [5.74, 6) is 0.343. The van der Waals surface area contributed by atoms with Crippen molar-refractivity contribution in [2.45, 2.75) is 38.7 Å². The molecule has 58 valence electrons. The van der Waals surface area contributed by atoms with Crippen LogP contribution in [0.5, 0.6) is 0 Å². The van der Waals surface area contributed by atoms with E-state index in [1.54, 1.807) is 0 Å². The molecule has 0 spiro atoms. The standard InChI is InChI=1S/C8H14O2/c1-3-8(2)6-7(9)4-5-10-8/h3-6H2,1-2H3. The van der Waals surface area contributed by atoms with Crippen LogP contribution in [-0.4, -0.2) is 18.0 Å². The Kier molecular flexibility index (Phi) is 2.09. The summed E-state index contributed by atoms with van der Waals surface area (Å²) >= 11 is 0. The van der Waals surface area contributed by atoms with Gasteiger partial charge in [-0.25, -0.2) is 0 Å². The third-order valence-electron chi connectivity index (χ3n) is 2.15. The summed E-state index contributed by atoms with van der Waals surface area (Å²) in [5, 5.41) is 0. The van der Waals surface area contributed by atoms with Crippen molar-refractivity contribution in [3.05, 3.63) is 0 Å². The minimum absolute atomic E-state index is 0.157. The summed E-state index contributed by atoms with van der Waals surface area (Å²) in [6.07, 6.45) is 2.14. The van der Waals surface area contributed by atoms with E-state index in [0.29, 0.717) is 25.2 Å². The van der Waals surface area contributed by atoms with E-state index in [1.165, 1.54) is 0 Å².